The minimum absolute atomic E-state index is 0.0681. The topological polar surface area (TPSA) is 89.5 Å². The van der Waals surface area contributed by atoms with Gasteiger partial charge in [0.2, 0.25) is 5.76 Å². The fraction of sp³-hybridized carbons (Fsp3) is 0.238. The number of benzene rings is 2. The van der Waals surface area contributed by atoms with Crippen LogP contribution < -0.4 is 18.9 Å². The van der Waals surface area contributed by atoms with Crippen LogP contribution in [0.5, 0.6) is 23.0 Å². The van der Waals surface area contributed by atoms with E-state index < -0.39 is 5.97 Å². The summed E-state index contributed by atoms with van der Waals surface area (Å²) < 4.78 is 31.4. The number of aldehydes is 1. The smallest absolute Gasteiger partial charge is 0.373 e. The maximum Gasteiger partial charge on any atom is 0.373 e. The highest BCUT2D eigenvalue weighted by molar-refractivity contribution is 5.92. The monoisotopic (exact) mass is 402 g/mol. The van der Waals surface area contributed by atoms with Gasteiger partial charge in [0.25, 0.3) is 0 Å². The zero-order valence-corrected chi connectivity index (χ0v) is 16.6. The number of hydrogen-bond acceptors (Lipinski definition) is 8. The van der Waals surface area contributed by atoms with Crippen LogP contribution in [0.25, 0.3) is 6.08 Å². The van der Waals surface area contributed by atoms with Crippen molar-refractivity contribution >= 4 is 18.3 Å². The van der Waals surface area contributed by atoms with Crippen LogP contribution in [0.2, 0.25) is 0 Å². The molecule has 0 spiro atoms. The highest BCUT2D eigenvalue weighted by atomic mass is 16.7. The Morgan fingerprint density at radius 2 is 1.48 bits per heavy atom. The Bertz CT molecular complexity index is 888. The van der Waals surface area contributed by atoms with E-state index in [0.717, 1.165) is 0 Å². The molecule has 0 heterocycles. The molecule has 0 unspecified atom stereocenters. The van der Waals surface area contributed by atoms with E-state index >= 15 is 0 Å². The molecule has 0 atom stereocenters. The molecule has 0 aromatic heterocycles. The second-order valence-corrected chi connectivity index (χ2v) is 5.59. The number of hydrogen-bond donors (Lipinski definition) is 0. The van der Waals surface area contributed by atoms with E-state index in [9.17, 15) is 9.59 Å². The number of carbonyl (C=O) groups is 2. The molecule has 154 valence electrons. The normalized spacial score (nSPS) is 10.8. The minimum atomic E-state index is -0.690. The number of carbonyl (C=O) groups excluding carboxylic acids is 2. The summed E-state index contributed by atoms with van der Waals surface area (Å²) in [6.07, 6.45) is 2.17. The molecular weight excluding hydrogens is 380 g/mol. The lowest BCUT2D eigenvalue weighted by Gasteiger charge is -2.13. The van der Waals surface area contributed by atoms with Crippen molar-refractivity contribution in [1.29, 1.82) is 0 Å². The summed E-state index contributed by atoms with van der Waals surface area (Å²) in [5.74, 6) is 0.709. The lowest BCUT2D eigenvalue weighted by Crippen LogP contribution is -2.11. The molecule has 0 saturated carbocycles. The third kappa shape index (κ3) is 5.73. The van der Waals surface area contributed by atoms with Crippen LogP contribution in [0.3, 0.4) is 0 Å². The number of methoxy groups -OCH3 is 4. The van der Waals surface area contributed by atoms with Gasteiger partial charge in [0.1, 0.15) is 6.29 Å². The Hall–Kier alpha value is -3.52. The van der Waals surface area contributed by atoms with Gasteiger partial charge in [-0.1, -0.05) is 6.07 Å². The van der Waals surface area contributed by atoms with Crippen LogP contribution in [0.1, 0.15) is 15.9 Å². The van der Waals surface area contributed by atoms with Crippen LogP contribution in [-0.2, 0) is 14.3 Å². The molecule has 8 nitrogen and oxygen atoms in total. The number of ether oxygens (including phenoxy) is 6. The summed E-state index contributed by atoms with van der Waals surface area (Å²) in [5.41, 5.74) is 1.02. The first-order valence-corrected chi connectivity index (χ1v) is 8.47. The second kappa shape index (κ2) is 10.7. The highest BCUT2D eigenvalue weighted by Gasteiger charge is 2.17. The summed E-state index contributed by atoms with van der Waals surface area (Å²) in [4.78, 5) is 23.2. The third-order valence-corrected chi connectivity index (χ3v) is 3.75. The maximum atomic E-state index is 12.2. The van der Waals surface area contributed by atoms with E-state index in [0.29, 0.717) is 34.7 Å². The maximum absolute atomic E-state index is 12.2. The molecule has 0 aliphatic heterocycles. The Labute approximate surface area is 168 Å². The Morgan fingerprint density at radius 3 is 2.10 bits per heavy atom. The average molecular weight is 402 g/mol. The van der Waals surface area contributed by atoms with E-state index in [-0.39, 0.29) is 18.3 Å². The number of esters is 1. The molecule has 29 heavy (non-hydrogen) atoms. The molecule has 0 aliphatic rings. The van der Waals surface area contributed by atoms with Gasteiger partial charge in [-0.3, -0.25) is 4.79 Å². The van der Waals surface area contributed by atoms with Crippen LogP contribution in [0.4, 0.5) is 0 Å². The van der Waals surface area contributed by atoms with Crippen molar-refractivity contribution in [3.8, 4) is 23.0 Å². The number of rotatable bonds is 10. The Kier molecular flexibility index (Phi) is 8.05. The molecule has 0 amide bonds. The first kappa shape index (κ1) is 21.8. The molecule has 2 aromatic carbocycles. The van der Waals surface area contributed by atoms with Crippen molar-refractivity contribution < 1.29 is 38.0 Å². The SMILES string of the molecule is COCOc1ccc(C=C(Oc2ccc(C=O)cc2OC)C(=O)OC)cc1OC. The van der Waals surface area contributed by atoms with Crippen molar-refractivity contribution in [2.24, 2.45) is 0 Å². The van der Waals surface area contributed by atoms with Gasteiger partial charge < -0.3 is 28.4 Å². The Balaban J connectivity index is 2.39. The molecule has 2 rings (SSSR count). The van der Waals surface area contributed by atoms with Gasteiger partial charge in [-0.25, -0.2) is 4.79 Å². The van der Waals surface area contributed by atoms with Gasteiger partial charge in [-0.05, 0) is 42.0 Å². The fourth-order valence-corrected chi connectivity index (χ4v) is 2.36. The predicted molar refractivity (Wildman–Crippen MR) is 105 cm³/mol. The van der Waals surface area contributed by atoms with Crippen molar-refractivity contribution in [3.63, 3.8) is 0 Å². The highest BCUT2D eigenvalue weighted by Crippen LogP contribution is 2.32. The van der Waals surface area contributed by atoms with Gasteiger partial charge in [-0.2, -0.15) is 0 Å². The molecule has 0 saturated heterocycles. The first-order chi connectivity index (χ1) is 14.1. The van der Waals surface area contributed by atoms with Crippen LogP contribution in [0.15, 0.2) is 42.2 Å². The standard InChI is InChI=1S/C21H22O8/c1-24-13-28-16-7-5-14(9-18(16)25-2)10-20(21(23)27-4)29-17-8-6-15(12-22)11-19(17)26-3/h5-12H,13H2,1-4H3. The van der Waals surface area contributed by atoms with Crippen LogP contribution in [-0.4, -0.2) is 47.5 Å². The summed E-state index contributed by atoms with van der Waals surface area (Å²) in [6, 6.07) is 9.64. The van der Waals surface area contributed by atoms with E-state index in [1.165, 1.54) is 46.6 Å². The molecule has 2 aromatic rings. The van der Waals surface area contributed by atoms with Crippen molar-refractivity contribution in [1.82, 2.24) is 0 Å². The zero-order chi connectivity index (χ0) is 21.2. The first-order valence-electron chi connectivity index (χ1n) is 8.47. The lowest BCUT2D eigenvalue weighted by molar-refractivity contribution is -0.138. The van der Waals surface area contributed by atoms with E-state index in [1.807, 2.05) is 0 Å². The van der Waals surface area contributed by atoms with Crippen molar-refractivity contribution in [2.75, 3.05) is 35.2 Å². The minimum Gasteiger partial charge on any atom is -0.493 e. The molecule has 0 N–H and O–H groups in total. The largest absolute Gasteiger partial charge is 0.493 e. The van der Waals surface area contributed by atoms with E-state index in [1.54, 1.807) is 24.3 Å². The van der Waals surface area contributed by atoms with Gasteiger partial charge in [0.05, 0.1) is 21.3 Å². The molecule has 0 radical (unpaired) electrons. The van der Waals surface area contributed by atoms with Gasteiger partial charge in [-0.15, -0.1) is 0 Å². The lowest BCUT2D eigenvalue weighted by atomic mass is 10.1. The Morgan fingerprint density at radius 1 is 0.862 bits per heavy atom. The molecule has 0 bridgehead atoms. The predicted octanol–water partition coefficient (Wildman–Crippen LogP) is 3.09. The third-order valence-electron chi connectivity index (χ3n) is 3.75. The summed E-state index contributed by atoms with van der Waals surface area (Å²) in [5, 5.41) is 0. The van der Waals surface area contributed by atoms with Crippen LogP contribution >= 0.6 is 0 Å². The van der Waals surface area contributed by atoms with E-state index in [4.69, 9.17) is 28.4 Å². The van der Waals surface area contributed by atoms with E-state index in [2.05, 4.69) is 0 Å². The molecule has 0 fully saturated rings. The summed E-state index contributed by atoms with van der Waals surface area (Å²) in [7, 11) is 5.69. The molecule has 8 heteroatoms. The van der Waals surface area contributed by atoms with Gasteiger partial charge >= 0.3 is 5.97 Å². The summed E-state index contributed by atoms with van der Waals surface area (Å²) >= 11 is 0. The molecular formula is C21H22O8. The van der Waals surface area contributed by atoms with Crippen molar-refractivity contribution in [3.05, 3.63) is 53.3 Å². The van der Waals surface area contributed by atoms with Gasteiger partial charge in [0, 0.05) is 12.7 Å². The zero-order valence-electron chi connectivity index (χ0n) is 16.6. The fourth-order valence-electron chi connectivity index (χ4n) is 2.36. The average Bonchev–Trinajstić information content (AvgIpc) is 2.77. The molecule has 0 aliphatic carbocycles. The van der Waals surface area contributed by atoms with Crippen molar-refractivity contribution in [2.45, 2.75) is 0 Å². The second-order valence-electron chi connectivity index (χ2n) is 5.59. The summed E-state index contributed by atoms with van der Waals surface area (Å²) in [6.45, 7) is 0.0681. The quantitative estimate of drug-likeness (QED) is 0.197. The van der Waals surface area contributed by atoms with Gasteiger partial charge in [0.15, 0.2) is 29.8 Å². The van der Waals surface area contributed by atoms with Crippen LogP contribution in [0, 0.1) is 0 Å².